The van der Waals surface area contributed by atoms with Gasteiger partial charge < -0.3 is 10.4 Å². The topological polar surface area (TPSA) is 61.4 Å². The van der Waals surface area contributed by atoms with E-state index in [1.54, 1.807) is 0 Å². The van der Waals surface area contributed by atoms with Gasteiger partial charge in [-0.15, -0.1) is 0 Å². The molecule has 0 heterocycles. The Morgan fingerprint density at radius 2 is 1.68 bits per heavy atom. The molecule has 2 rings (SSSR count). The van der Waals surface area contributed by atoms with E-state index in [9.17, 15) is 14.3 Å². The summed E-state index contributed by atoms with van der Waals surface area (Å²) in [7, 11) is 0. The van der Waals surface area contributed by atoms with Crippen molar-refractivity contribution in [1.29, 1.82) is 0 Å². The van der Waals surface area contributed by atoms with Crippen LogP contribution in [0.4, 0.5) is 10.1 Å². The third-order valence-electron chi connectivity index (χ3n) is 2.61. The smallest absolute Gasteiger partial charge is 0.257 e. The first-order valence-electron chi connectivity index (χ1n) is 5.92. The second-order valence-electron chi connectivity index (χ2n) is 4.20. The minimum atomic E-state index is -0.492. The summed E-state index contributed by atoms with van der Waals surface area (Å²) in [4.78, 5) is 11.9. The molecule has 2 aromatic carbocycles. The van der Waals surface area contributed by atoms with Crippen LogP contribution in [0.2, 0.25) is 10.0 Å². The lowest BCUT2D eigenvalue weighted by atomic mass is 10.2. The van der Waals surface area contributed by atoms with Crippen LogP contribution in [0.15, 0.2) is 36.4 Å². The zero-order valence-electron chi connectivity index (χ0n) is 10.9. The van der Waals surface area contributed by atoms with Gasteiger partial charge in [-0.1, -0.05) is 23.2 Å². The Kier molecular flexibility index (Phi) is 5.18. The second kappa shape index (κ2) is 6.91. The molecule has 22 heavy (non-hydrogen) atoms. The lowest BCUT2D eigenvalue weighted by molar-refractivity contribution is 0.0977. The zero-order chi connectivity index (χ0) is 16.3. The number of amides is 1. The number of rotatable bonds is 2. The molecule has 8 heteroatoms. The van der Waals surface area contributed by atoms with Crippen molar-refractivity contribution in [2.75, 3.05) is 5.32 Å². The number of phenolic OH excluding ortho intramolecular Hbond substituents is 1. The number of anilines is 1. The van der Waals surface area contributed by atoms with Gasteiger partial charge >= 0.3 is 0 Å². The minimum absolute atomic E-state index is 0.00662. The van der Waals surface area contributed by atoms with Gasteiger partial charge in [-0.05, 0) is 48.6 Å². The van der Waals surface area contributed by atoms with Crippen molar-refractivity contribution < 1.29 is 14.3 Å². The molecule has 0 aromatic heterocycles. The van der Waals surface area contributed by atoms with Gasteiger partial charge in [0.15, 0.2) is 10.9 Å². The van der Waals surface area contributed by atoms with Gasteiger partial charge in [0.05, 0.1) is 10.0 Å². The van der Waals surface area contributed by atoms with Crippen LogP contribution in [0.5, 0.6) is 5.75 Å². The first-order valence-corrected chi connectivity index (χ1v) is 7.09. The van der Waals surface area contributed by atoms with Crippen LogP contribution in [-0.2, 0) is 0 Å². The molecule has 0 bridgehead atoms. The van der Waals surface area contributed by atoms with E-state index in [1.807, 2.05) is 0 Å². The van der Waals surface area contributed by atoms with E-state index < -0.39 is 11.7 Å². The van der Waals surface area contributed by atoms with Crippen LogP contribution in [0.3, 0.4) is 0 Å². The highest BCUT2D eigenvalue weighted by Crippen LogP contribution is 2.34. The third-order valence-corrected chi connectivity index (χ3v) is 3.39. The molecular formula is C14H9Cl2FN2O2S. The SMILES string of the molecule is O=C(NC(=S)Nc1cc(Cl)c(O)c(Cl)c1)c1ccc(F)cc1. The molecule has 0 aliphatic heterocycles. The van der Waals surface area contributed by atoms with E-state index in [4.69, 9.17) is 35.4 Å². The molecule has 0 radical (unpaired) electrons. The maximum absolute atomic E-state index is 12.8. The van der Waals surface area contributed by atoms with Crippen molar-refractivity contribution in [2.45, 2.75) is 0 Å². The number of carbonyl (C=O) groups excluding carboxylic acids is 1. The Hall–Kier alpha value is -1.89. The molecule has 0 fully saturated rings. The number of thiocarbonyl (C=S) groups is 1. The highest BCUT2D eigenvalue weighted by Gasteiger charge is 2.10. The van der Waals surface area contributed by atoms with Crippen LogP contribution in [-0.4, -0.2) is 16.1 Å². The molecule has 4 nitrogen and oxygen atoms in total. The summed E-state index contributed by atoms with van der Waals surface area (Å²) in [5, 5.41) is 14.7. The maximum Gasteiger partial charge on any atom is 0.257 e. The molecule has 2 aromatic rings. The second-order valence-corrected chi connectivity index (χ2v) is 5.43. The van der Waals surface area contributed by atoms with E-state index in [2.05, 4.69) is 10.6 Å². The summed E-state index contributed by atoms with van der Waals surface area (Å²) in [6, 6.07) is 7.82. The number of phenols is 1. The zero-order valence-corrected chi connectivity index (χ0v) is 13.2. The Morgan fingerprint density at radius 3 is 2.23 bits per heavy atom. The van der Waals surface area contributed by atoms with Crippen LogP contribution in [0.25, 0.3) is 0 Å². The van der Waals surface area contributed by atoms with E-state index in [0.717, 1.165) is 0 Å². The quantitative estimate of drug-likeness (QED) is 0.561. The van der Waals surface area contributed by atoms with Crippen molar-refractivity contribution in [3.8, 4) is 5.75 Å². The Balaban J connectivity index is 2.04. The van der Waals surface area contributed by atoms with Gasteiger partial charge in [-0.3, -0.25) is 10.1 Å². The molecule has 0 spiro atoms. The average molecular weight is 359 g/mol. The van der Waals surface area contributed by atoms with Crippen LogP contribution < -0.4 is 10.6 Å². The van der Waals surface area contributed by atoms with Crippen molar-refractivity contribution in [1.82, 2.24) is 5.32 Å². The number of nitrogens with one attached hydrogen (secondary N) is 2. The summed E-state index contributed by atoms with van der Waals surface area (Å²) < 4.78 is 12.8. The molecule has 0 aliphatic rings. The summed E-state index contributed by atoms with van der Waals surface area (Å²) in [5.74, 6) is -1.17. The molecule has 3 N–H and O–H groups in total. The van der Waals surface area contributed by atoms with Gasteiger partial charge in [0, 0.05) is 11.3 Å². The molecule has 0 unspecified atom stereocenters. The standard InChI is InChI=1S/C14H9Cl2FN2O2S/c15-10-5-9(6-11(16)12(10)20)18-14(22)19-13(21)7-1-3-8(17)4-2-7/h1-6,20H,(H2,18,19,21,22). The van der Waals surface area contributed by atoms with E-state index in [0.29, 0.717) is 5.69 Å². The first kappa shape index (κ1) is 16.5. The van der Waals surface area contributed by atoms with Gasteiger partial charge in [-0.2, -0.15) is 0 Å². The molecular weight excluding hydrogens is 350 g/mol. The lowest BCUT2D eigenvalue weighted by Gasteiger charge is -2.11. The minimum Gasteiger partial charge on any atom is -0.505 e. The first-order chi connectivity index (χ1) is 10.4. The van der Waals surface area contributed by atoms with Gasteiger partial charge in [0.2, 0.25) is 0 Å². The van der Waals surface area contributed by atoms with Crippen molar-refractivity contribution >= 4 is 52.1 Å². The van der Waals surface area contributed by atoms with E-state index in [-0.39, 0.29) is 26.5 Å². The molecule has 0 saturated heterocycles. The van der Waals surface area contributed by atoms with Crippen molar-refractivity contribution in [2.24, 2.45) is 0 Å². The van der Waals surface area contributed by atoms with Crippen molar-refractivity contribution in [3.63, 3.8) is 0 Å². The summed E-state index contributed by atoms with van der Waals surface area (Å²) >= 11 is 16.5. The molecule has 0 atom stereocenters. The van der Waals surface area contributed by atoms with Crippen LogP contribution >= 0.6 is 35.4 Å². The van der Waals surface area contributed by atoms with Crippen molar-refractivity contribution in [3.05, 3.63) is 57.8 Å². The fourth-order valence-corrected chi connectivity index (χ4v) is 2.27. The normalized spacial score (nSPS) is 10.1. The average Bonchev–Trinajstić information content (AvgIpc) is 2.45. The van der Waals surface area contributed by atoms with Gasteiger partial charge in [-0.25, -0.2) is 4.39 Å². The maximum atomic E-state index is 12.8. The number of hydrogen-bond donors (Lipinski definition) is 3. The molecule has 0 saturated carbocycles. The Bertz CT molecular complexity index is 715. The van der Waals surface area contributed by atoms with Crippen LogP contribution in [0, 0.1) is 5.82 Å². The Labute approximate surface area is 140 Å². The highest BCUT2D eigenvalue weighted by molar-refractivity contribution is 7.80. The monoisotopic (exact) mass is 358 g/mol. The molecule has 0 aliphatic carbocycles. The lowest BCUT2D eigenvalue weighted by Crippen LogP contribution is -2.34. The summed E-state index contributed by atoms with van der Waals surface area (Å²) in [6.07, 6.45) is 0. The predicted octanol–water partition coefficient (Wildman–Crippen LogP) is 3.96. The fourth-order valence-electron chi connectivity index (χ4n) is 1.58. The number of aromatic hydroxyl groups is 1. The predicted molar refractivity (Wildman–Crippen MR) is 88.2 cm³/mol. The fraction of sp³-hybridized carbons (Fsp3) is 0. The molecule has 1 amide bonds. The van der Waals surface area contributed by atoms with E-state index >= 15 is 0 Å². The van der Waals surface area contributed by atoms with E-state index in [1.165, 1.54) is 36.4 Å². The number of halogens is 3. The highest BCUT2D eigenvalue weighted by atomic mass is 35.5. The van der Waals surface area contributed by atoms with Crippen LogP contribution in [0.1, 0.15) is 10.4 Å². The summed E-state index contributed by atoms with van der Waals surface area (Å²) in [5.41, 5.74) is 0.657. The third kappa shape index (κ3) is 4.07. The largest absolute Gasteiger partial charge is 0.505 e. The van der Waals surface area contributed by atoms with Gasteiger partial charge in [0.25, 0.3) is 5.91 Å². The number of hydrogen-bond acceptors (Lipinski definition) is 3. The molecule has 114 valence electrons. The number of benzene rings is 2. The Morgan fingerprint density at radius 1 is 1.14 bits per heavy atom. The van der Waals surface area contributed by atoms with Gasteiger partial charge in [0.1, 0.15) is 5.82 Å². The number of carbonyl (C=O) groups is 1. The summed E-state index contributed by atoms with van der Waals surface area (Å²) in [6.45, 7) is 0.